The fourth-order valence-corrected chi connectivity index (χ4v) is 5.93. The zero-order valence-electron chi connectivity index (χ0n) is 23.6. The summed E-state index contributed by atoms with van der Waals surface area (Å²) >= 11 is 0. The first-order valence-electron chi connectivity index (χ1n) is 13.4. The number of rotatable bonds is 12. The second-order valence-corrected chi connectivity index (χ2v) is 12.4. The quantitative estimate of drug-likeness (QED) is 0.191. The van der Waals surface area contributed by atoms with E-state index in [1.807, 2.05) is 0 Å². The van der Waals surface area contributed by atoms with Crippen LogP contribution in [0.5, 0.6) is 0 Å². The largest absolute Gasteiger partial charge is 0.465 e. The second kappa shape index (κ2) is 12.4. The molecular formula is C24H40N4O11S. The van der Waals surface area contributed by atoms with Crippen LogP contribution in [0.15, 0.2) is 0 Å². The molecule has 1 saturated heterocycles. The predicted octanol–water partition coefficient (Wildman–Crippen LogP) is 1.53. The number of hydrogen-bond donors (Lipinski definition) is 2. The van der Waals surface area contributed by atoms with E-state index in [-0.39, 0.29) is 32.6 Å². The average molecular weight is 593 g/mol. The molecule has 2 N–H and O–H groups in total. The molecule has 0 radical (unpaired) electrons. The first-order valence-corrected chi connectivity index (χ1v) is 14.7. The SMILES string of the molecule is CCOC(=O)C1(COS(=O)(=O)ON2C(=O)N(C)[C@@]3(C(=O)NOCCNC(=O)OC(C)(C)C)CCC23)CCCCC1. The van der Waals surface area contributed by atoms with Crippen molar-refractivity contribution >= 4 is 34.4 Å². The summed E-state index contributed by atoms with van der Waals surface area (Å²) < 4.78 is 45.9. The lowest BCUT2D eigenvalue weighted by Gasteiger charge is -2.45. The summed E-state index contributed by atoms with van der Waals surface area (Å²) in [5.41, 5.74) is -0.952. The van der Waals surface area contributed by atoms with E-state index < -0.39 is 63.6 Å². The minimum atomic E-state index is -4.77. The smallest absolute Gasteiger partial charge is 0.421 e. The van der Waals surface area contributed by atoms with Crippen molar-refractivity contribution in [3.8, 4) is 0 Å². The van der Waals surface area contributed by atoms with Crippen LogP contribution in [0.4, 0.5) is 9.59 Å². The maximum atomic E-state index is 13.0. The molecule has 2 aliphatic carbocycles. The number of likely N-dealkylation sites (N-methyl/N-ethyl adjacent to an activating group) is 1. The molecular weight excluding hydrogens is 552 g/mol. The molecule has 3 aliphatic rings. The number of nitrogens with one attached hydrogen (secondary N) is 2. The number of hydrogen-bond acceptors (Lipinski definition) is 11. The van der Waals surface area contributed by atoms with Gasteiger partial charge in [0.2, 0.25) is 0 Å². The normalized spacial score (nSPS) is 24.1. The van der Waals surface area contributed by atoms with Crippen LogP contribution in [0.25, 0.3) is 0 Å². The fourth-order valence-electron chi connectivity index (χ4n) is 5.15. The second-order valence-electron chi connectivity index (χ2n) is 11.2. The number of amides is 4. The Morgan fingerprint density at radius 1 is 1.10 bits per heavy atom. The van der Waals surface area contributed by atoms with Crippen LogP contribution in [-0.4, -0.2) is 93.0 Å². The Labute approximate surface area is 234 Å². The lowest BCUT2D eigenvalue weighted by molar-refractivity contribution is -0.161. The highest BCUT2D eigenvalue weighted by molar-refractivity contribution is 7.81. The summed E-state index contributed by atoms with van der Waals surface area (Å²) in [7, 11) is -3.42. The number of carbonyl (C=O) groups excluding carboxylic acids is 4. The topological polar surface area (TPSA) is 179 Å². The van der Waals surface area contributed by atoms with Crippen molar-refractivity contribution in [1.82, 2.24) is 20.8 Å². The van der Waals surface area contributed by atoms with Gasteiger partial charge in [0.1, 0.15) is 11.1 Å². The Bertz CT molecular complexity index is 1070. The number of urea groups is 1. The summed E-state index contributed by atoms with van der Waals surface area (Å²) in [5.74, 6) is -1.21. The van der Waals surface area contributed by atoms with Gasteiger partial charge >= 0.3 is 28.5 Å². The maximum absolute atomic E-state index is 13.0. The molecule has 2 atom stereocenters. The fraction of sp³-hybridized carbons (Fsp3) is 0.833. The van der Waals surface area contributed by atoms with Crippen molar-refractivity contribution in [1.29, 1.82) is 0 Å². The molecule has 0 spiro atoms. The van der Waals surface area contributed by atoms with Crippen LogP contribution in [0.2, 0.25) is 0 Å². The minimum Gasteiger partial charge on any atom is -0.465 e. The number of ether oxygens (including phenoxy) is 2. The number of alkyl carbamates (subject to hydrolysis) is 1. The van der Waals surface area contributed by atoms with Gasteiger partial charge in [0.15, 0.2) is 0 Å². The predicted molar refractivity (Wildman–Crippen MR) is 137 cm³/mol. The molecule has 0 bridgehead atoms. The third-order valence-corrected chi connectivity index (χ3v) is 8.06. The zero-order valence-corrected chi connectivity index (χ0v) is 24.5. The van der Waals surface area contributed by atoms with Crippen molar-refractivity contribution in [2.24, 2.45) is 5.41 Å². The molecule has 16 heteroatoms. The standard InChI is InChI=1S/C24H40N4O11S/c1-6-35-19(30)23(11-8-7-9-12-23)16-37-40(33,34)39-28-17-10-13-24(17,27(5)21(28)32)18(29)26-36-15-14-25-20(31)38-22(2,3)4/h17H,6-16H2,1-5H3,(H,25,31)(H,26,29)/t17?,24-/m0/s1. The van der Waals surface area contributed by atoms with Gasteiger partial charge in [-0.05, 0) is 53.4 Å². The van der Waals surface area contributed by atoms with Crippen molar-refractivity contribution in [3.63, 3.8) is 0 Å². The van der Waals surface area contributed by atoms with Gasteiger partial charge < -0.3 is 19.7 Å². The molecule has 1 heterocycles. The molecule has 1 unspecified atom stereocenters. The minimum absolute atomic E-state index is 0.0402. The van der Waals surface area contributed by atoms with E-state index in [0.717, 1.165) is 24.2 Å². The van der Waals surface area contributed by atoms with Crippen LogP contribution in [0, 0.1) is 5.41 Å². The summed E-state index contributed by atoms with van der Waals surface area (Å²) in [6.07, 6.45) is 3.04. The lowest BCUT2D eigenvalue weighted by atomic mass is 9.71. The number of fused-ring (bicyclic) bond motifs is 1. The van der Waals surface area contributed by atoms with Crippen LogP contribution in [0.1, 0.15) is 72.6 Å². The van der Waals surface area contributed by atoms with E-state index in [0.29, 0.717) is 17.9 Å². The maximum Gasteiger partial charge on any atom is 0.421 e. The van der Waals surface area contributed by atoms with Crippen LogP contribution < -0.4 is 10.8 Å². The van der Waals surface area contributed by atoms with E-state index in [9.17, 15) is 27.6 Å². The highest BCUT2D eigenvalue weighted by Crippen LogP contribution is 2.47. The average Bonchev–Trinajstić information content (AvgIpc) is 2.98. The zero-order chi connectivity index (χ0) is 29.8. The molecule has 2 saturated carbocycles. The molecule has 228 valence electrons. The molecule has 0 aromatic rings. The van der Waals surface area contributed by atoms with Crippen molar-refractivity contribution in [2.45, 2.75) is 89.8 Å². The molecule has 15 nitrogen and oxygen atoms in total. The van der Waals surface area contributed by atoms with Crippen molar-refractivity contribution in [2.75, 3.05) is 33.4 Å². The van der Waals surface area contributed by atoms with Gasteiger partial charge in [-0.2, -0.15) is 13.5 Å². The molecule has 0 aromatic carbocycles. The van der Waals surface area contributed by atoms with E-state index >= 15 is 0 Å². The first kappa shape index (κ1) is 31.8. The molecule has 40 heavy (non-hydrogen) atoms. The summed E-state index contributed by atoms with van der Waals surface area (Å²) in [6.45, 7) is 6.44. The first-order chi connectivity index (χ1) is 18.7. The van der Waals surface area contributed by atoms with E-state index in [2.05, 4.69) is 10.8 Å². The van der Waals surface area contributed by atoms with E-state index in [1.165, 1.54) is 7.05 Å². The van der Waals surface area contributed by atoms with Gasteiger partial charge in [0.05, 0.1) is 31.3 Å². The van der Waals surface area contributed by atoms with Gasteiger partial charge in [0.25, 0.3) is 5.91 Å². The molecule has 3 rings (SSSR count). The third kappa shape index (κ3) is 6.95. The molecule has 4 amide bonds. The van der Waals surface area contributed by atoms with Gasteiger partial charge in [0, 0.05) is 13.6 Å². The van der Waals surface area contributed by atoms with Crippen molar-refractivity contribution in [3.05, 3.63) is 0 Å². The number of carbonyl (C=O) groups is 4. The monoisotopic (exact) mass is 592 g/mol. The summed E-state index contributed by atoms with van der Waals surface area (Å²) in [6, 6.07) is -1.78. The van der Waals surface area contributed by atoms with Gasteiger partial charge in [-0.25, -0.2) is 19.3 Å². The van der Waals surface area contributed by atoms with Crippen LogP contribution >= 0.6 is 0 Å². The van der Waals surface area contributed by atoms with Gasteiger partial charge in [-0.15, -0.1) is 4.28 Å². The van der Waals surface area contributed by atoms with Crippen LogP contribution in [-0.2, 0) is 42.8 Å². The summed E-state index contributed by atoms with van der Waals surface area (Å²) in [4.78, 5) is 56.5. The Kier molecular flexibility index (Phi) is 9.91. The third-order valence-electron chi connectivity index (χ3n) is 7.31. The number of esters is 1. The van der Waals surface area contributed by atoms with Crippen LogP contribution in [0.3, 0.4) is 0 Å². The molecule has 3 fully saturated rings. The van der Waals surface area contributed by atoms with Gasteiger partial charge in [-0.1, -0.05) is 19.3 Å². The Morgan fingerprint density at radius 2 is 1.77 bits per heavy atom. The van der Waals surface area contributed by atoms with Gasteiger partial charge in [-0.3, -0.25) is 14.4 Å². The highest BCUT2D eigenvalue weighted by Gasteiger charge is 2.67. The van der Waals surface area contributed by atoms with E-state index in [1.54, 1.807) is 27.7 Å². The number of hydroxylamine groups is 3. The lowest BCUT2D eigenvalue weighted by Crippen LogP contribution is -2.67. The molecule has 1 aliphatic heterocycles. The Balaban J connectivity index is 1.56. The molecule has 0 aromatic heterocycles. The Morgan fingerprint density at radius 3 is 2.35 bits per heavy atom. The Hall–Kier alpha value is -2.69. The highest BCUT2D eigenvalue weighted by atomic mass is 32.3. The van der Waals surface area contributed by atoms with Crippen molar-refractivity contribution < 1.29 is 50.4 Å². The number of nitrogens with zero attached hydrogens (tertiary/aromatic N) is 2. The summed E-state index contributed by atoms with van der Waals surface area (Å²) in [5, 5.41) is 3.09. The van der Waals surface area contributed by atoms with E-state index in [4.69, 9.17) is 22.8 Å².